The highest BCUT2D eigenvalue weighted by atomic mass is 16.6. The van der Waals surface area contributed by atoms with E-state index < -0.39 is 0 Å². The molecular weight excluding hydrogens is 128 g/mol. The van der Waals surface area contributed by atoms with Gasteiger partial charge in [-0.3, -0.25) is 4.98 Å². The average Bonchev–Trinajstić information content (AvgIpc) is 2.03. The molecule has 52 valence electrons. The van der Waals surface area contributed by atoms with Crippen molar-refractivity contribution in [2.45, 2.75) is 6.61 Å². The van der Waals surface area contributed by atoms with E-state index in [9.17, 15) is 0 Å². The zero-order valence-corrected chi connectivity index (χ0v) is 5.53. The molecule has 0 aromatic carbocycles. The van der Waals surface area contributed by atoms with Gasteiger partial charge in [-0.05, 0) is 12.1 Å². The summed E-state index contributed by atoms with van der Waals surface area (Å²) in [6.07, 6.45) is 1.71. The van der Waals surface area contributed by atoms with Gasteiger partial charge in [0.05, 0.1) is 5.69 Å². The zero-order chi connectivity index (χ0) is 7.23. The molecule has 0 aliphatic rings. The molecule has 0 spiro atoms. The second kappa shape index (κ2) is 3.61. The van der Waals surface area contributed by atoms with Crippen LogP contribution in [0.5, 0.6) is 0 Å². The van der Waals surface area contributed by atoms with Crippen LogP contribution in [0.4, 0.5) is 0 Å². The first-order valence-corrected chi connectivity index (χ1v) is 2.91. The molecule has 0 saturated carbocycles. The van der Waals surface area contributed by atoms with Crippen LogP contribution < -0.4 is 0 Å². The summed E-state index contributed by atoms with van der Waals surface area (Å²) in [4.78, 5) is 8.67. The molecule has 1 aromatic rings. The van der Waals surface area contributed by atoms with Crippen LogP contribution in [0.25, 0.3) is 0 Å². The molecule has 0 N–H and O–H groups in total. The summed E-state index contributed by atoms with van der Waals surface area (Å²) < 4.78 is 0. The van der Waals surface area contributed by atoms with E-state index in [2.05, 4.69) is 21.7 Å². The van der Waals surface area contributed by atoms with E-state index >= 15 is 0 Å². The van der Waals surface area contributed by atoms with Crippen molar-refractivity contribution in [2.75, 3.05) is 0 Å². The third-order valence-electron chi connectivity index (χ3n) is 1.03. The van der Waals surface area contributed by atoms with Crippen LogP contribution in [0.15, 0.2) is 29.6 Å². The molecule has 0 aliphatic carbocycles. The van der Waals surface area contributed by atoms with Crippen molar-refractivity contribution in [2.24, 2.45) is 5.16 Å². The predicted molar refractivity (Wildman–Crippen MR) is 38.6 cm³/mol. The predicted octanol–water partition coefficient (Wildman–Crippen LogP) is 1.21. The fraction of sp³-hybridized carbons (Fsp3) is 0.143. The van der Waals surface area contributed by atoms with Crippen LogP contribution in [0.2, 0.25) is 0 Å². The summed E-state index contributed by atoms with van der Waals surface area (Å²) in [6.45, 7) is 3.57. The topological polar surface area (TPSA) is 34.5 Å². The molecule has 0 amide bonds. The van der Waals surface area contributed by atoms with Gasteiger partial charge in [0.25, 0.3) is 0 Å². The monoisotopic (exact) mass is 136 g/mol. The quantitative estimate of drug-likeness (QED) is 0.462. The fourth-order valence-electron chi connectivity index (χ4n) is 0.595. The Hall–Kier alpha value is -1.38. The number of aromatic nitrogens is 1. The van der Waals surface area contributed by atoms with Crippen LogP contribution in [0.1, 0.15) is 5.69 Å². The zero-order valence-electron chi connectivity index (χ0n) is 5.53. The van der Waals surface area contributed by atoms with Crippen molar-refractivity contribution in [1.29, 1.82) is 0 Å². The molecule has 0 fully saturated rings. The highest BCUT2D eigenvalue weighted by Crippen LogP contribution is 1.94. The standard InChI is InChI=1S/C7H8N2O/c1-8-10-6-7-4-2-3-5-9-7/h2-5H,1,6H2. The van der Waals surface area contributed by atoms with Crippen molar-refractivity contribution < 1.29 is 4.84 Å². The van der Waals surface area contributed by atoms with Crippen molar-refractivity contribution in [3.8, 4) is 0 Å². The molecule has 0 atom stereocenters. The maximum Gasteiger partial charge on any atom is 0.159 e. The normalized spacial score (nSPS) is 8.80. The van der Waals surface area contributed by atoms with Gasteiger partial charge in [-0.1, -0.05) is 6.07 Å². The lowest BCUT2D eigenvalue weighted by atomic mass is 10.4. The first-order valence-electron chi connectivity index (χ1n) is 2.91. The van der Waals surface area contributed by atoms with Crippen molar-refractivity contribution >= 4 is 6.72 Å². The van der Waals surface area contributed by atoms with Gasteiger partial charge in [-0.25, -0.2) is 0 Å². The Morgan fingerprint density at radius 3 is 3.10 bits per heavy atom. The van der Waals surface area contributed by atoms with Crippen molar-refractivity contribution in [3.63, 3.8) is 0 Å². The van der Waals surface area contributed by atoms with E-state index in [1.165, 1.54) is 0 Å². The molecule has 3 nitrogen and oxygen atoms in total. The molecule has 0 aliphatic heterocycles. The summed E-state index contributed by atoms with van der Waals surface area (Å²) in [5.41, 5.74) is 0.856. The number of hydrogen-bond donors (Lipinski definition) is 0. The van der Waals surface area contributed by atoms with E-state index in [1.54, 1.807) is 6.20 Å². The van der Waals surface area contributed by atoms with E-state index in [0.717, 1.165) is 5.69 Å². The van der Waals surface area contributed by atoms with Gasteiger partial charge in [0.1, 0.15) is 0 Å². The summed E-state index contributed by atoms with van der Waals surface area (Å²) in [7, 11) is 0. The highest BCUT2D eigenvalue weighted by molar-refractivity contribution is 5.21. The second-order valence-corrected chi connectivity index (χ2v) is 1.72. The number of oxime groups is 1. The van der Waals surface area contributed by atoms with Gasteiger partial charge in [-0.15, -0.1) is 5.16 Å². The van der Waals surface area contributed by atoms with Crippen LogP contribution in [-0.4, -0.2) is 11.7 Å². The van der Waals surface area contributed by atoms with E-state index in [4.69, 9.17) is 0 Å². The summed E-state index contributed by atoms with van der Waals surface area (Å²) in [6, 6.07) is 5.62. The van der Waals surface area contributed by atoms with E-state index in [-0.39, 0.29) is 0 Å². The Labute approximate surface area is 59.3 Å². The maximum atomic E-state index is 4.67. The summed E-state index contributed by atoms with van der Waals surface area (Å²) in [5, 5.41) is 3.24. The molecule has 0 saturated heterocycles. The number of nitrogens with zero attached hydrogens (tertiary/aromatic N) is 2. The Bertz CT molecular complexity index is 198. The van der Waals surface area contributed by atoms with Crippen LogP contribution in [-0.2, 0) is 11.4 Å². The SMILES string of the molecule is C=NOCc1ccccn1. The smallest absolute Gasteiger partial charge is 0.159 e. The van der Waals surface area contributed by atoms with Gasteiger partial charge in [0.15, 0.2) is 6.61 Å². The number of pyridine rings is 1. The van der Waals surface area contributed by atoms with Gasteiger partial charge in [0.2, 0.25) is 0 Å². The molecule has 3 heteroatoms. The van der Waals surface area contributed by atoms with Gasteiger partial charge < -0.3 is 4.84 Å². The number of rotatable bonds is 3. The van der Waals surface area contributed by atoms with Gasteiger partial charge in [-0.2, -0.15) is 0 Å². The molecule has 1 heterocycles. The number of hydrogen-bond acceptors (Lipinski definition) is 3. The lowest BCUT2D eigenvalue weighted by molar-refractivity contribution is 0.130. The Morgan fingerprint density at radius 2 is 2.50 bits per heavy atom. The molecule has 0 radical (unpaired) electrons. The van der Waals surface area contributed by atoms with Crippen molar-refractivity contribution in [3.05, 3.63) is 30.1 Å². The molecule has 1 aromatic heterocycles. The second-order valence-electron chi connectivity index (χ2n) is 1.72. The van der Waals surface area contributed by atoms with Crippen LogP contribution in [0.3, 0.4) is 0 Å². The third kappa shape index (κ3) is 1.85. The molecule has 10 heavy (non-hydrogen) atoms. The van der Waals surface area contributed by atoms with Gasteiger partial charge in [0, 0.05) is 12.9 Å². The molecule has 0 bridgehead atoms. The highest BCUT2D eigenvalue weighted by Gasteiger charge is 1.88. The molecule has 1 rings (SSSR count). The Kier molecular flexibility index (Phi) is 2.43. The largest absolute Gasteiger partial charge is 0.390 e. The van der Waals surface area contributed by atoms with Gasteiger partial charge >= 0.3 is 0 Å². The average molecular weight is 136 g/mol. The minimum absolute atomic E-state index is 0.393. The molecule has 0 unspecified atom stereocenters. The fourth-order valence-corrected chi connectivity index (χ4v) is 0.595. The maximum absolute atomic E-state index is 4.67. The first-order chi connectivity index (χ1) is 4.93. The van der Waals surface area contributed by atoms with E-state index in [1.807, 2.05) is 18.2 Å². The van der Waals surface area contributed by atoms with E-state index in [0.29, 0.717) is 6.61 Å². The Balaban J connectivity index is 2.50. The lowest BCUT2D eigenvalue weighted by Crippen LogP contribution is -1.88. The Morgan fingerprint density at radius 1 is 1.60 bits per heavy atom. The molecular formula is C7H8N2O. The third-order valence-corrected chi connectivity index (χ3v) is 1.03. The van der Waals surface area contributed by atoms with Crippen LogP contribution in [0, 0.1) is 0 Å². The first kappa shape index (κ1) is 6.74. The lowest BCUT2D eigenvalue weighted by Gasteiger charge is -1.95. The summed E-state index contributed by atoms with van der Waals surface area (Å²) >= 11 is 0. The van der Waals surface area contributed by atoms with Crippen LogP contribution >= 0.6 is 0 Å². The minimum atomic E-state index is 0.393. The van der Waals surface area contributed by atoms with Crippen molar-refractivity contribution in [1.82, 2.24) is 4.98 Å². The minimum Gasteiger partial charge on any atom is -0.390 e. The summed E-state index contributed by atoms with van der Waals surface area (Å²) in [5.74, 6) is 0.